The van der Waals surface area contributed by atoms with Crippen molar-refractivity contribution in [3.05, 3.63) is 71.8 Å². The zero-order valence-electron chi connectivity index (χ0n) is 11.8. The molecule has 1 atom stereocenters. The van der Waals surface area contributed by atoms with Gasteiger partial charge in [-0.1, -0.05) is 60.7 Å². The molecule has 0 spiro atoms. The number of benzene rings is 2. The first-order valence-electron chi connectivity index (χ1n) is 6.79. The van der Waals surface area contributed by atoms with Crippen LogP contribution in [0.4, 0.5) is 8.78 Å². The molecule has 2 aromatic rings. The third-order valence-corrected chi connectivity index (χ3v) is 3.14. The van der Waals surface area contributed by atoms with Crippen LogP contribution in [0.3, 0.4) is 0 Å². The molecule has 0 aliphatic carbocycles. The van der Waals surface area contributed by atoms with E-state index >= 15 is 0 Å². The highest BCUT2D eigenvalue weighted by Crippen LogP contribution is 2.24. The lowest BCUT2D eigenvalue weighted by Crippen LogP contribution is -2.44. The van der Waals surface area contributed by atoms with Crippen LogP contribution < -0.4 is 0 Å². The Morgan fingerprint density at radius 3 is 2.18 bits per heavy atom. The monoisotopic (exact) mass is 306 g/mol. The zero-order valence-corrected chi connectivity index (χ0v) is 11.8. The molecule has 0 amide bonds. The van der Waals surface area contributed by atoms with E-state index in [4.69, 9.17) is 4.74 Å². The summed E-state index contributed by atoms with van der Waals surface area (Å²) in [6.07, 6.45) is -2.19. The smallest absolute Gasteiger partial charge is 0.337 e. The Labute approximate surface area is 127 Å². The SMILES string of the molecule is O=C(c1ccccc1)C(F)(F)C(O)COCc1ccccc1. The molecule has 22 heavy (non-hydrogen) atoms. The minimum absolute atomic E-state index is 0.0908. The Bertz CT molecular complexity index is 600. The number of carbonyl (C=O) groups excluding carboxylic acids is 1. The Morgan fingerprint density at radius 1 is 1.05 bits per heavy atom. The van der Waals surface area contributed by atoms with Crippen LogP contribution in [0.1, 0.15) is 15.9 Å². The van der Waals surface area contributed by atoms with E-state index in [0.29, 0.717) is 0 Å². The summed E-state index contributed by atoms with van der Waals surface area (Å²) in [7, 11) is 0. The standard InChI is InChI=1S/C17H16F2O3/c18-17(19,16(21)14-9-5-2-6-10-14)15(20)12-22-11-13-7-3-1-4-8-13/h1-10,15,20H,11-12H2. The molecule has 0 aliphatic rings. The molecule has 2 aromatic carbocycles. The Kier molecular flexibility index (Phi) is 5.35. The van der Waals surface area contributed by atoms with Gasteiger partial charge in [-0.25, -0.2) is 0 Å². The maximum atomic E-state index is 13.9. The number of alkyl halides is 2. The lowest BCUT2D eigenvalue weighted by Gasteiger charge is -2.21. The molecule has 1 unspecified atom stereocenters. The quantitative estimate of drug-likeness (QED) is 0.800. The van der Waals surface area contributed by atoms with Gasteiger partial charge in [-0.05, 0) is 5.56 Å². The van der Waals surface area contributed by atoms with Crippen LogP contribution in [0.25, 0.3) is 0 Å². The van der Waals surface area contributed by atoms with Crippen LogP contribution >= 0.6 is 0 Å². The lowest BCUT2D eigenvalue weighted by molar-refractivity contribution is -0.108. The zero-order chi connectivity index (χ0) is 16.0. The molecule has 0 fully saturated rings. The second-order valence-corrected chi connectivity index (χ2v) is 4.83. The number of aliphatic hydroxyl groups excluding tert-OH is 1. The number of rotatable bonds is 7. The molecule has 3 nitrogen and oxygen atoms in total. The molecule has 0 bridgehead atoms. The highest BCUT2D eigenvalue weighted by atomic mass is 19.3. The van der Waals surface area contributed by atoms with E-state index in [0.717, 1.165) is 5.56 Å². The first-order valence-corrected chi connectivity index (χ1v) is 6.79. The molecular formula is C17H16F2O3. The minimum Gasteiger partial charge on any atom is -0.384 e. The highest BCUT2D eigenvalue weighted by Gasteiger charge is 2.46. The molecular weight excluding hydrogens is 290 g/mol. The molecule has 116 valence electrons. The van der Waals surface area contributed by atoms with Gasteiger partial charge in [0.2, 0.25) is 5.78 Å². The molecule has 0 heterocycles. The number of aliphatic hydroxyl groups is 1. The van der Waals surface area contributed by atoms with Crippen LogP contribution in [0.15, 0.2) is 60.7 Å². The summed E-state index contributed by atoms with van der Waals surface area (Å²) < 4.78 is 33.0. The van der Waals surface area contributed by atoms with Crippen molar-refractivity contribution in [2.75, 3.05) is 6.61 Å². The molecule has 0 aromatic heterocycles. The molecule has 5 heteroatoms. The fraction of sp³-hybridized carbons (Fsp3) is 0.235. The van der Waals surface area contributed by atoms with Gasteiger partial charge in [-0.3, -0.25) is 4.79 Å². The molecule has 2 rings (SSSR count). The number of hydrogen-bond donors (Lipinski definition) is 1. The van der Waals surface area contributed by atoms with E-state index in [2.05, 4.69) is 0 Å². The van der Waals surface area contributed by atoms with Crippen molar-refractivity contribution in [1.82, 2.24) is 0 Å². The second-order valence-electron chi connectivity index (χ2n) is 4.83. The van der Waals surface area contributed by atoms with Gasteiger partial charge in [-0.2, -0.15) is 8.78 Å². The third-order valence-electron chi connectivity index (χ3n) is 3.14. The van der Waals surface area contributed by atoms with Gasteiger partial charge in [-0.15, -0.1) is 0 Å². The van der Waals surface area contributed by atoms with Crippen LogP contribution in [-0.4, -0.2) is 29.5 Å². The first kappa shape index (κ1) is 16.3. The van der Waals surface area contributed by atoms with Crippen molar-refractivity contribution < 1.29 is 23.4 Å². The van der Waals surface area contributed by atoms with Crippen molar-refractivity contribution in [2.45, 2.75) is 18.6 Å². The molecule has 0 saturated heterocycles. The fourth-order valence-corrected chi connectivity index (χ4v) is 1.90. The van der Waals surface area contributed by atoms with Gasteiger partial charge in [0.15, 0.2) is 0 Å². The number of ether oxygens (including phenoxy) is 1. The average Bonchev–Trinajstić information content (AvgIpc) is 2.55. The number of halogens is 2. The van der Waals surface area contributed by atoms with Gasteiger partial charge in [0.25, 0.3) is 0 Å². The van der Waals surface area contributed by atoms with E-state index < -0.39 is 24.4 Å². The summed E-state index contributed by atoms with van der Waals surface area (Å²) in [6.45, 7) is -0.534. The fourth-order valence-electron chi connectivity index (χ4n) is 1.90. The molecule has 0 radical (unpaired) electrons. The van der Waals surface area contributed by atoms with Gasteiger partial charge >= 0.3 is 5.92 Å². The van der Waals surface area contributed by atoms with E-state index in [-0.39, 0.29) is 12.2 Å². The number of carbonyl (C=O) groups is 1. The van der Waals surface area contributed by atoms with Gasteiger partial charge < -0.3 is 9.84 Å². The summed E-state index contributed by atoms with van der Waals surface area (Å²) in [5.41, 5.74) is 0.655. The predicted molar refractivity (Wildman–Crippen MR) is 77.8 cm³/mol. The maximum Gasteiger partial charge on any atom is 0.337 e. The van der Waals surface area contributed by atoms with E-state index in [1.54, 1.807) is 30.3 Å². The van der Waals surface area contributed by atoms with Crippen molar-refractivity contribution >= 4 is 5.78 Å². The first-order chi connectivity index (χ1) is 10.5. The lowest BCUT2D eigenvalue weighted by atomic mass is 10.0. The summed E-state index contributed by atoms with van der Waals surface area (Å²) >= 11 is 0. The number of Topliss-reactive ketones (excluding diaryl/α,β-unsaturated/α-hetero) is 1. The van der Waals surface area contributed by atoms with Crippen molar-refractivity contribution in [3.63, 3.8) is 0 Å². The average molecular weight is 306 g/mol. The van der Waals surface area contributed by atoms with Gasteiger partial charge in [0, 0.05) is 5.56 Å². The van der Waals surface area contributed by atoms with Crippen LogP contribution in [0.5, 0.6) is 0 Å². The Morgan fingerprint density at radius 2 is 1.59 bits per heavy atom. The summed E-state index contributed by atoms with van der Waals surface area (Å²) in [5.74, 6) is -5.30. The number of hydrogen-bond acceptors (Lipinski definition) is 3. The number of ketones is 1. The van der Waals surface area contributed by atoms with Gasteiger partial charge in [0.1, 0.15) is 6.10 Å². The second kappa shape index (κ2) is 7.24. The van der Waals surface area contributed by atoms with Crippen LogP contribution in [-0.2, 0) is 11.3 Å². The summed E-state index contributed by atoms with van der Waals surface area (Å²) in [6, 6.07) is 16.1. The van der Waals surface area contributed by atoms with E-state index in [9.17, 15) is 18.7 Å². The summed E-state index contributed by atoms with van der Waals surface area (Å²) in [4.78, 5) is 11.8. The molecule has 0 aliphatic heterocycles. The summed E-state index contributed by atoms with van der Waals surface area (Å²) in [5, 5.41) is 9.59. The van der Waals surface area contributed by atoms with Crippen LogP contribution in [0.2, 0.25) is 0 Å². The van der Waals surface area contributed by atoms with Gasteiger partial charge in [0.05, 0.1) is 13.2 Å². The Hall–Kier alpha value is -2.11. The van der Waals surface area contributed by atoms with Crippen LogP contribution in [0, 0.1) is 0 Å². The van der Waals surface area contributed by atoms with Crippen molar-refractivity contribution in [1.29, 1.82) is 0 Å². The third kappa shape index (κ3) is 3.96. The van der Waals surface area contributed by atoms with Crippen molar-refractivity contribution in [3.8, 4) is 0 Å². The topological polar surface area (TPSA) is 46.5 Å². The molecule has 0 saturated carbocycles. The van der Waals surface area contributed by atoms with Crippen molar-refractivity contribution in [2.24, 2.45) is 0 Å². The minimum atomic E-state index is -3.89. The normalized spacial score (nSPS) is 12.9. The largest absolute Gasteiger partial charge is 0.384 e. The predicted octanol–water partition coefficient (Wildman–Crippen LogP) is 3.08. The highest BCUT2D eigenvalue weighted by molar-refractivity contribution is 6.01. The maximum absolute atomic E-state index is 13.9. The van der Waals surface area contributed by atoms with E-state index in [1.165, 1.54) is 24.3 Å². The van der Waals surface area contributed by atoms with E-state index in [1.807, 2.05) is 6.07 Å². The Balaban J connectivity index is 1.92. The molecule has 1 N–H and O–H groups in total.